The largest absolute Gasteiger partial charge is 0.459 e. The van der Waals surface area contributed by atoms with E-state index in [9.17, 15) is 5.11 Å². The average molecular weight is 335 g/mol. The maximum absolute atomic E-state index is 9.18. The van der Waals surface area contributed by atoms with Crippen LogP contribution in [0.1, 0.15) is 11.5 Å². The van der Waals surface area contributed by atoms with Crippen LogP contribution in [0, 0.1) is 6.92 Å². The molecule has 0 bridgehead atoms. The Bertz CT molecular complexity index is 1040. The lowest BCUT2D eigenvalue weighted by Gasteiger charge is -2.17. The van der Waals surface area contributed by atoms with Gasteiger partial charge in [-0.25, -0.2) is 9.97 Å². The first kappa shape index (κ1) is 15.4. The van der Waals surface area contributed by atoms with Crippen LogP contribution in [0.15, 0.2) is 57.6 Å². The molecule has 0 unspecified atom stereocenters. The summed E-state index contributed by atoms with van der Waals surface area (Å²) in [6.07, 6.45) is 1.54. The summed E-state index contributed by atoms with van der Waals surface area (Å²) in [4.78, 5) is 10.7. The maximum Gasteiger partial charge on any atom is 0.200 e. The molecular formula is C19H17N3O3. The fraction of sp³-hybridized carbons (Fsp3) is 0.158. The minimum absolute atomic E-state index is 0.122. The summed E-state index contributed by atoms with van der Waals surface area (Å²) in [5.41, 5.74) is 1.73. The monoisotopic (exact) mass is 335 g/mol. The van der Waals surface area contributed by atoms with Crippen LogP contribution in [0.5, 0.6) is 0 Å². The van der Waals surface area contributed by atoms with E-state index in [0.29, 0.717) is 17.4 Å². The van der Waals surface area contributed by atoms with Gasteiger partial charge < -0.3 is 13.9 Å². The van der Waals surface area contributed by atoms with E-state index in [1.807, 2.05) is 55.3 Å². The second-order valence-corrected chi connectivity index (χ2v) is 5.80. The lowest BCUT2D eigenvalue weighted by Crippen LogP contribution is -2.11. The molecule has 6 heteroatoms. The van der Waals surface area contributed by atoms with Crippen LogP contribution in [0.25, 0.3) is 22.2 Å². The Labute approximate surface area is 144 Å². The third-order valence-corrected chi connectivity index (χ3v) is 4.09. The molecule has 6 nitrogen and oxygen atoms in total. The highest BCUT2D eigenvalue weighted by molar-refractivity contribution is 5.93. The molecule has 0 saturated heterocycles. The van der Waals surface area contributed by atoms with E-state index >= 15 is 0 Å². The number of aliphatic hydroxyl groups excluding tert-OH is 1. The lowest BCUT2D eigenvalue weighted by atomic mass is 10.1. The first-order chi connectivity index (χ1) is 12.2. The Kier molecular flexibility index (Phi) is 3.74. The van der Waals surface area contributed by atoms with Crippen molar-refractivity contribution in [2.75, 3.05) is 11.9 Å². The molecule has 3 aromatic heterocycles. The van der Waals surface area contributed by atoms with Gasteiger partial charge in [-0.1, -0.05) is 0 Å². The van der Waals surface area contributed by atoms with E-state index in [1.165, 1.54) is 0 Å². The van der Waals surface area contributed by atoms with E-state index in [4.69, 9.17) is 8.83 Å². The summed E-state index contributed by atoms with van der Waals surface area (Å²) in [6, 6.07) is 13.3. The molecule has 4 aromatic rings. The highest BCUT2D eigenvalue weighted by atomic mass is 16.4. The van der Waals surface area contributed by atoms with Gasteiger partial charge in [0.2, 0.25) is 5.88 Å². The van der Waals surface area contributed by atoms with Crippen LogP contribution in [0.2, 0.25) is 0 Å². The van der Waals surface area contributed by atoms with Gasteiger partial charge in [0.1, 0.15) is 36.0 Å². The van der Waals surface area contributed by atoms with Gasteiger partial charge in [0, 0.05) is 24.1 Å². The van der Waals surface area contributed by atoms with Gasteiger partial charge >= 0.3 is 0 Å². The predicted octanol–water partition coefficient (Wildman–Crippen LogP) is 4.05. The Balaban J connectivity index is 1.83. The second kappa shape index (κ2) is 6.07. The van der Waals surface area contributed by atoms with E-state index in [-0.39, 0.29) is 6.61 Å². The summed E-state index contributed by atoms with van der Waals surface area (Å²) in [5, 5.41) is 10.1. The summed E-state index contributed by atoms with van der Waals surface area (Å²) in [5.74, 6) is 3.52. The van der Waals surface area contributed by atoms with Crippen molar-refractivity contribution >= 4 is 22.6 Å². The molecule has 3 heterocycles. The van der Waals surface area contributed by atoms with Crippen LogP contribution in [-0.4, -0.2) is 22.1 Å². The van der Waals surface area contributed by atoms with Gasteiger partial charge in [-0.05, 0) is 43.3 Å². The van der Waals surface area contributed by atoms with Gasteiger partial charge in [-0.2, -0.15) is 0 Å². The van der Waals surface area contributed by atoms with Crippen molar-refractivity contribution in [3.63, 3.8) is 0 Å². The summed E-state index contributed by atoms with van der Waals surface area (Å²) < 4.78 is 11.3. The van der Waals surface area contributed by atoms with Crippen molar-refractivity contribution in [2.45, 2.75) is 13.5 Å². The van der Waals surface area contributed by atoms with Gasteiger partial charge in [0.15, 0.2) is 0 Å². The van der Waals surface area contributed by atoms with Crippen LogP contribution in [-0.2, 0) is 6.61 Å². The number of rotatable bonds is 4. The maximum atomic E-state index is 9.18. The molecule has 1 N–H and O–H groups in total. The molecule has 0 aliphatic heterocycles. The third-order valence-electron chi connectivity index (χ3n) is 4.09. The number of furan rings is 2. The lowest BCUT2D eigenvalue weighted by molar-refractivity contribution is 0.248. The zero-order valence-corrected chi connectivity index (χ0v) is 13.9. The molecule has 0 radical (unpaired) electrons. The van der Waals surface area contributed by atoms with Gasteiger partial charge in [0.25, 0.3) is 0 Å². The van der Waals surface area contributed by atoms with E-state index < -0.39 is 0 Å². The van der Waals surface area contributed by atoms with Crippen molar-refractivity contribution in [1.82, 2.24) is 9.97 Å². The van der Waals surface area contributed by atoms with Gasteiger partial charge in [-0.15, -0.1) is 0 Å². The SMILES string of the molecule is Cc1ccc(N(C)c2ncnc3ccc(-c4ccc(CO)o4)cc23)o1. The van der Waals surface area contributed by atoms with Gasteiger partial charge in [0.05, 0.1) is 5.52 Å². The molecule has 0 spiro atoms. The number of anilines is 2. The Morgan fingerprint density at radius 2 is 1.92 bits per heavy atom. The highest BCUT2D eigenvalue weighted by Gasteiger charge is 2.15. The summed E-state index contributed by atoms with van der Waals surface area (Å²) in [6.45, 7) is 1.78. The topological polar surface area (TPSA) is 75.5 Å². The molecule has 126 valence electrons. The van der Waals surface area contributed by atoms with Crippen molar-refractivity contribution in [3.05, 3.63) is 60.3 Å². The zero-order chi connectivity index (χ0) is 17.4. The number of aliphatic hydroxyl groups is 1. The Morgan fingerprint density at radius 3 is 2.64 bits per heavy atom. The number of nitrogens with zero attached hydrogens (tertiary/aromatic N) is 3. The smallest absolute Gasteiger partial charge is 0.200 e. The molecular weight excluding hydrogens is 318 g/mol. The van der Waals surface area contributed by atoms with Crippen molar-refractivity contribution in [1.29, 1.82) is 0 Å². The Hall–Kier alpha value is -3.12. The number of hydrogen-bond acceptors (Lipinski definition) is 6. The van der Waals surface area contributed by atoms with Crippen LogP contribution >= 0.6 is 0 Å². The Morgan fingerprint density at radius 1 is 1.04 bits per heavy atom. The van der Waals surface area contributed by atoms with Gasteiger partial charge in [-0.3, -0.25) is 4.90 Å². The third kappa shape index (κ3) is 2.77. The van der Waals surface area contributed by atoms with Crippen LogP contribution in [0.3, 0.4) is 0 Å². The molecule has 1 aromatic carbocycles. The number of aromatic nitrogens is 2. The molecule has 0 aliphatic rings. The first-order valence-electron chi connectivity index (χ1n) is 7.90. The minimum atomic E-state index is -0.122. The van der Waals surface area contributed by atoms with E-state index in [1.54, 1.807) is 12.4 Å². The predicted molar refractivity (Wildman–Crippen MR) is 94.7 cm³/mol. The average Bonchev–Trinajstić information content (AvgIpc) is 3.29. The zero-order valence-electron chi connectivity index (χ0n) is 13.9. The quantitative estimate of drug-likeness (QED) is 0.606. The second-order valence-electron chi connectivity index (χ2n) is 5.80. The molecule has 0 fully saturated rings. The van der Waals surface area contributed by atoms with Crippen molar-refractivity contribution < 1.29 is 13.9 Å². The number of aryl methyl sites for hydroxylation is 1. The molecule has 0 amide bonds. The number of fused-ring (bicyclic) bond motifs is 1. The standard InChI is InChI=1S/C19H17N3O3/c1-12-3-8-18(24-12)22(2)19-15-9-13(4-6-16(15)20-11-21-19)17-7-5-14(10-23)25-17/h3-9,11,23H,10H2,1-2H3. The minimum Gasteiger partial charge on any atom is -0.459 e. The molecule has 25 heavy (non-hydrogen) atoms. The summed E-state index contributed by atoms with van der Waals surface area (Å²) >= 11 is 0. The van der Waals surface area contributed by atoms with Crippen LogP contribution in [0.4, 0.5) is 11.7 Å². The highest BCUT2D eigenvalue weighted by Crippen LogP contribution is 2.32. The van der Waals surface area contributed by atoms with Crippen molar-refractivity contribution in [2.24, 2.45) is 0 Å². The number of hydrogen-bond donors (Lipinski definition) is 1. The normalized spacial score (nSPS) is 11.2. The van der Waals surface area contributed by atoms with E-state index in [0.717, 1.165) is 28.0 Å². The first-order valence-corrected chi connectivity index (χ1v) is 7.90. The molecule has 0 saturated carbocycles. The summed E-state index contributed by atoms with van der Waals surface area (Å²) in [7, 11) is 1.91. The fourth-order valence-electron chi connectivity index (χ4n) is 2.79. The van der Waals surface area contributed by atoms with E-state index in [2.05, 4.69) is 9.97 Å². The molecule has 0 atom stereocenters. The molecule has 0 aliphatic carbocycles. The fourth-order valence-corrected chi connectivity index (χ4v) is 2.79. The van der Waals surface area contributed by atoms with Crippen LogP contribution < -0.4 is 4.90 Å². The van der Waals surface area contributed by atoms with Crippen molar-refractivity contribution in [3.8, 4) is 11.3 Å². The molecule has 4 rings (SSSR count). The number of benzene rings is 1.